The summed E-state index contributed by atoms with van der Waals surface area (Å²) in [6.07, 6.45) is 6.19. The summed E-state index contributed by atoms with van der Waals surface area (Å²) in [6.45, 7) is 0. The SMILES string of the molecule is Fc1ccc(Cc2nc3cccnc3n2C2CCC2)cc1. The van der Waals surface area contributed by atoms with E-state index in [1.807, 2.05) is 30.5 Å². The van der Waals surface area contributed by atoms with Crippen LogP contribution in [0.3, 0.4) is 0 Å². The van der Waals surface area contributed by atoms with Gasteiger partial charge in [0, 0.05) is 18.7 Å². The molecule has 0 bridgehead atoms. The molecule has 21 heavy (non-hydrogen) atoms. The predicted octanol–water partition coefficient (Wildman–Crippen LogP) is 3.89. The average molecular weight is 281 g/mol. The van der Waals surface area contributed by atoms with Crippen LogP contribution in [-0.4, -0.2) is 14.5 Å². The molecule has 0 atom stereocenters. The van der Waals surface area contributed by atoms with Gasteiger partial charge in [0.15, 0.2) is 5.65 Å². The van der Waals surface area contributed by atoms with E-state index in [9.17, 15) is 4.39 Å². The molecule has 2 aromatic heterocycles. The van der Waals surface area contributed by atoms with Crippen molar-refractivity contribution in [3.8, 4) is 0 Å². The zero-order valence-corrected chi connectivity index (χ0v) is 11.7. The summed E-state index contributed by atoms with van der Waals surface area (Å²) in [5.74, 6) is 0.827. The molecule has 4 heteroatoms. The Morgan fingerprint density at radius 2 is 1.95 bits per heavy atom. The van der Waals surface area contributed by atoms with Gasteiger partial charge in [-0.25, -0.2) is 14.4 Å². The zero-order chi connectivity index (χ0) is 14.2. The van der Waals surface area contributed by atoms with Gasteiger partial charge in [0.2, 0.25) is 0 Å². The van der Waals surface area contributed by atoms with Gasteiger partial charge in [0.1, 0.15) is 17.2 Å². The average Bonchev–Trinajstić information content (AvgIpc) is 2.78. The molecule has 2 heterocycles. The number of hydrogen-bond acceptors (Lipinski definition) is 2. The Morgan fingerprint density at radius 3 is 2.67 bits per heavy atom. The summed E-state index contributed by atoms with van der Waals surface area (Å²) in [4.78, 5) is 9.24. The standard InChI is InChI=1S/C17H16FN3/c18-13-8-6-12(7-9-13)11-16-20-15-5-2-10-19-17(15)21(16)14-3-1-4-14/h2,5-10,14H,1,3-4,11H2. The number of hydrogen-bond donors (Lipinski definition) is 0. The Kier molecular flexibility index (Phi) is 2.95. The van der Waals surface area contributed by atoms with Gasteiger partial charge in [-0.2, -0.15) is 0 Å². The molecule has 0 spiro atoms. The molecular weight excluding hydrogens is 265 g/mol. The van der Waals surface area contributed by atoms with E-state index in [-0.39, 0.29) is 5.82 Å². The van der Waals surface area contributed by atoms with Crippen molar-refractivity contribution in [2.24, 2.45) is 0 Å². The molecule has 4 rings (SSSR count). The van der Waals surface area contributed by atoms with Crippen LogP contribution in [0.5, 0.6) is 0 Å². The summed E-state index contributed by atoms with van der Waals surface area (Å²) in [6, 6.07) is 11.1. The molecule has 106 valence electrons. The molecule has 0 radical (unpaired) electrons. The Hall–Kier alpha value is -2.23. The number of aromatic nitrogens is 3. The highest BCUT2D eigenvalue weighted by Crippen LogP contribution is 2.35. The van der Waals surface area contributed by atoms with Crippen LogP contribution in [0.4, 0.5) is 4.39 Å². The monoisotopic (exact) mass is 281 g/mol. The van der Waals surface area contributed by atoms with E-state index in [4.69, 9.17) is 4.98 Å². The Morgan fingerprint density at radius 1 is 1.14 bits per heavy atom. The molecule has 1 saturated carbocycles. The van der Waals surface area contributed by atoms with Gasteiger partial charge < -0.3 is 4.57 Å². The second-order valence-corrected chi connectivity index (χ2v) is 5.63. The molecule has 0 aliphatic heterocycles. The van der Waals surface area contributed by atoms with Crippen LogP contribution in [0.1, 0.15) is 36.7 Å². The maximum absolute atomic E-state index is 13.0. The lowest BCUT2D eigenvalue weighted by Gasteiger charge is -2.28. The van der Waals surface area contributed by atoms with Gasteiger partial charge in [-0.3, -0.25) is 0 Å². The summed E-state index contributed by atoms with van der Waals surface area (Å²) >= 11 is 0. The molecule has 0 amide bonds. The number of imidazole rings is 1. The van der Waals surface area contributed by atoms with Crippen molar-refractivity contribution in [3.63, 3.8) is 0 Å². The van der Waals surface area contributed by atoms with Crippen molar-refractivity contribution in [1.29, 1.82) is 0 Å². The lowest BCUT2D eigenvalue weighted by Crippen LogP contribution is -2.19. The number of rotatable bonds is 3. The van der Waals surface area contributed by atoms with Gasteiger partial charge in [-0.15, -0.1) is 0 Å². The van der Waals surface area contributed by atoms with Gasteiger partial charge in [-0.05, 0) is 49.1 Å². The number of pyridine rings is 1. The quantitative estimate of drug-likeness (QED) is 0.729. The van der Waals surface area contributed by atoms with E-state index < -0.39 is 0 Å². The van der Waals surface area contributed by atoms with E-state index in [2.05, 4.69) is 9.55 Å². The van der Waals surface area contributed by atoms with Crippen molar-refractivity contribution < 1.29 is 4.39 Å². The third-order valence-corrected chi connectivity index (χ3v) is 4.24. The number of halogens is 1. The molecule has 3 nitrogen and oxygen atoms in total. The topological polar surface area (TPSA) is 30.7 Å². The van der Waals surface area contributed by atoms with Gasteiger partial charge >= 0.3 is 0 Å². The summed E-state index contributed by atoms with van der Waals surface area (Å²) < 4.78 is 15.3. The minimum atomic E-state index is -0.201. The normalized spacial score (nSPS) is 15.3. The Balaban J connectivity index is 1.78. The lowest BCUT2D eigenvalue weighted by atomic mass is 9.92. The van der Waals surface area contributed by atoms with Crippen molar-refractivity contribution in [1.82, 2.24) is 14.5 Å². The molecular formula is C17H16FN3. The summed E-state index contributed by atoms with van der Waals surface area (Å²) in [7, 11) is 0. The maximum Gasteiger partial charge on any atom is 0.160 e. The molecule has 1 fully saturated rings. The van der Waals surface area contributed by atoms with Crippen molar-refractivity contribution in [2.75, 3.05) is 0 Å². The van der Waals surface area contributed by atoms with Gasteiger partial charge in [0.25, 0.3) is 0 Å². The van der Waals surface area contributed by atoms with E-state index in [1.165, 1.54) is 31.4 Å². The van der Waals surface area contributed by atoms with Crippen LogP contribution in [0.2, 0.25) is 0 Å². The molecule has 0 N–H and O–H groups in total. The van der Waals surface area contributed by atoms with Crippen molar-refractivity contribution in [3.05, 3.63) is 59.8 Å². The van der Waals surface area contributed by atoms with Gasteiger partial charge in [-0.1, -0.05) is 12.1 Å². The minimum absolute atomic E-state index is 0.201. The summed E-state index contributed by atoms with van der Waals surface area (Å²) in [5, 5.41) is 0. The first kappa shape index (κ1) is 12.5. The van der Waals surface area contributed by atoms with Crippen LogP contribution >= 0.6 is 0 Å². The number of fused-ring (bicyclic) bond motifs is 1. The third-order valence-electron chi connectivity index (χ3n) is 4.24. The van der Waals surface area contributed by atoms with Crippen LogP contribution in [0, 0.1) is 5.82 Å². The van der Waals surface area contributed by atoms with E-state index in [1.54, 1.807) is 0 Å². The molecule has 0 unspecified atom stereocenters. The fourth-order valence-electron chi connectivity index (χ4n) is 2.91. The molecule has 1 aliphatic carbocycles. The second kappa shape index (κ2) is 4.95. The van der Waals surface area contributed by atoms with E-state index in [0.717, 1.165) is 22.6 Å². The summed E-state index contributed by atoms with van der Waals surface area (Å²) in [5.41, 5.74) is 2.99. The van der Waals surface area contributed by atoms with Crippen molar-refractivity contribution >= 4 is 11.2 Å². The van der Waals surface area contributed by atoms with Crippen molar-refractivity contribution in [2.45, 2.75) is 31.7 Å². The first-order valence-electron chi connectivity index (χ1n) is 7.37. The van der Waals surface area contributed by atoms with Crippen LogP contribution in [0.25, 0.3) is 11.2 Å². The second-order valence-electron chi connectivity index (χ2n) is 5.63. The Bertz CT molecular complexity index is 772. The van der Waals surface area contributed by atoms with E-state index >= 15 is 0 Å². The van der Waals surface area contributed by atoms with E-state index in [0.29, 0.717) is 12.5 Å². The zero-order valence-electron chi connectivity index (χ0n) is 11.7. The fraction of sp³-hybridized carbons (Fsp3) is 0.294. The first-order chi connectivity index (χ1) is 10.3. The predicted molar refractivity (Wildman–Crippen MR) is 79.6 cm³/mol. The fourth-order valence-corrected chi connectivity index (χ4v) is 2.91. The molecule has 1 aliphatic rings. The smallest absolute Gasteiger partial charge is 0.160 e. The highest BCUT2D eigenvalue weighted by Gasteiger charge is 2.25. The number of nitrogens with zero attached hydrogens (tertiary/aromatic N) is 3. The number of benzene rings is 1. The van der Waals surface area contributed by atoms with Crippen LogP contribution < -0.4 is 0 Å². The largest absolute Gasteiger partial charge is 0.309 e. The lowest BCUT2D eigenvalue weighted by molar-refractivity contribution is 0.313. The first-order valence-corrected chi connectivity index (χ1v) is 7.37. The molecule has 0 saturated heterocycles. The molecule has 3 aromatic rings. The van der Waals surface area contributed by atoms with Crippen LogP contribution in [0.15, 0.2) is 42.6 Å². The minimum Gasteiger partial charge on any atom is -0.309 e. The highest BCUT2D eigenvalue weighted by molar-refractivity contribution is 5.71. The van der Waals surface area contributed by atoms with Crippen LogP contribution in [-0.2, 0) is 6.42 Å². The third kappa shape index (κ3) is 2.20. The Labute approximate surface area is 122 Å². The highest BCUT2D eigenvalue weighted by atomic mass is 19.1. The molecule has 1 aromatic carbocycles. The maximum atomic E-state index is 13.0. The van der Waals surface area contributed by atoms with Gasteiger partial charge in [0.05, 0.1) is 0 Å².